The van der Waals surface area contributed by atoms with Gasteiger partial charge in [-0.1, -0.05) is 42.5 Å². The third-order valence-corrected chi connectivity index (χ3v) is 4.06. The fourth-order valence-corrected chi connectivity index (χ4v) is 3.00. The SMILES string of the molecule is S=c1[nH]n2c(=S)c3ccccc3nc2n1-c1ccccc1. The molecule has 0 amide bonds. The van der Waals surface area contributed by atoms with Gasteiger partial charge in [0.1, 0.15) is 4.64 Å². The van der Waals surface area contributed by atoms with Crippen molar-refractivity contribution in [3.8, 4) is 5.69 Å². The average Bonchev–Trinajstić information content (AvgIpc) is 2.85. The van der Waals surface area contributed by atoms with E-state index < -0.39 is 0 Å². The van der Waals surface area contributed by atoms with Crippen LogP contribution in [-0.4, -0.2) is 19.2 Å². The summed E-state index contributed by atoms with van der Waals surface area (Å²) < 4.78 is 4.89. The zero-order valence-corrected chi connectivity index (χ0v) is 12.5. The molecule has 6 heteroatoms. The molecule has 0 saturated heterocycles. The Morgan fingerprint density at radius 2 is 1.62 bits per heavy atom. The molecule has 0 aliphatic carbocycles. The summed E-state index contributed by atoms with van der Waals surface area (Å²) in [6, 6.07) is 17.7. The fraction of sp³-hybridized carbons (Fsp3) is 0. The summed E-state index contributed by atoms with van der Waals surface area (Å²) in [5.74, 6) is 0.690. The zero-order valence-electron chi connectivity index (χ0n) is 10.9. The van der Waals surface area contributed by atoms with Crippen molar-refractivity contribution in [1.29, 1.82) is 0 Å². The van der Waals surface area contributed by atoms with Gasteiger partial charge in [0, 0.05) is 5.39 Å². The monoisotopic (exact) mass is 310 g/mol. The van der Waals surface area contributed by atoms with Crippen molar-refractivity contribution in [1.82, 2.24) is 19.2 Å². The van der Waals surface area contributed by atoms with E-state index in [4.69, 9.17) is 29.4 Å². The maximum absolute atomic E-state index is 5.55. The summed E-state index contributed by atoms with van der Waals surface area (Å²) >= 11 is 11.0. The Hall–Kier alpha value is -2.31. The van der Waals surface area contributed by atoms with Gasteiger partial charge >= 0.3 is 0 Å². The van der Waals surface area contributed by atoms with Gasteiger partial charge in [-0.15, -0.1) is 0 Å². The highest BCUT2D eigenvalue weighted by Crippen LogP contribution is 2.18. The standard InChI is InChI=1S/C15H10N4S2/c20-13-11-8-4-5-9-12(11)16-14-18(15(21)17-19(13)14)10-6-2-1-3-7-10/h1-9H,(H,17,21). The minimum Gasteiger partial charge on any atom is -0.265 e. The molecule has 2 aromatic carbocycles. The van der Waals surface area contributed by atoms with Gasteiger partial charge in [0.15, 0.2) is 4.77 Å². The molecule has 4 aromatic rings. The van der Waals surface area contributed by atoms with Crippen molar-refractivity contribution < 1.29 is 0 Å². The van der Waals surface area contributed by atoms with Gasteiger partial charge in [-0.2, -0.15) is 0 Å². The van der Waals surface area contributed by atoms with E-state index in [1.54, 1.807) is 4.52 Å². The molecule has 2 heterocycles. The molecule has 0 aliphatic rings. The molecule has 4 nitrogen and oxygen atoms in total. The van der Waals surface area contributed by atoms with Crippen molar-refractivity contribution in [3.63, 3.8) is 0 Å². The molecule has 0 radical (unpaired) electrons. The Labute approximate surface area is 130 Å². The van der Waals surface area contributed by atoms with Crippen LogP contribution < -0.4 is 0 Å². The topological polar surface area (TPSA) is 38.0 Å². The lowest BCUT2D eigenvalue weighted by Gasteiger charge is -2.04. The molecule has 102 valence electrons. The summed E-state index contributed by atoms with van der Waals surface area (Å²) in [6.07, 6.45) is 0. The van der Waals surface area contributed by atoms with Crippen LogP contribution in [0.3, 0.4) is 0 Å². The van der Waals surface area contributed by atoms with Gasteiger partial charge in [-0.3, -0.25) is 9.67 Å². The molecule has 0 atom stereocenters. The first-order valence-electron chi connectivity index (χ1n) is 6.44. The first-order chi connectivity index (χ1) is 10.3. The molecule has 0 spiro atoms. The normalized spacial score (nSPS) is 11.2. The van der Waals surface area contributed by atoms with E-state index in [-0.39, 0.29) is 0 Å². The molecule has 0 aliphatic heterocycles. The van der Waals surface area contributed by atoms with E-state index in [1.165, 1.54) is 0 Å². The van der Waals surface area contributed by atoms with Crippen molar-refractivity contribution in [3.05, 3.63) is 64.0 Å². The molecule has 0 fully saturated rings. The van der Waals surface area contributed by atoms with Crippen LogP contribution in [0.15, 0.2) is 54.6 Å². The van der Waals surface area contributed by atoms with E-state index in [0.717, 1.165) is 16.6 Å². The van der Waals surface area contributed by atoms with Gasteiger partial charge in [0.05, 0.1) is 11.2 Å². The molecule has 1 N–H and O–H groups in total. The molecule has 0 saturated carbocycles. The number of benzene rings is 2. The Bertz CT molecular complexity index is 1070. The van der Waals surface area contributed by atoms with Crippen molar-refractivity contribution >= 4 is 41.1 Å². The lowest BCUT2D eigenvalue weighted by molar-refractivity contribution is 0.932. The van der Waals surface area contributed by atoms with Crippen LogP contribution in [0.25, 0.3) is 22.4 Å². The molecule has 0 bridgehead atoms. The highest BCUT2D eigenvalue weighted by molar-refractivity contribution is 7.71. The third kappa shape index (κ3) is 1.84. The quantitative estimate of drug-likeness (QED) is 0.539. The Balaban J connectivity index is 2.21. The summed E-state index contributed by atoms with van der Waals surface area (Å²) in [5.41, 5.74) is 1.82. The van der Waals surface area contributed by atoms with Crippen LogP contribution in [-0.2, 0) is 0 Å². The average molecular weight is 310 g/mol. The van der Waals surface area contributed by atoms with Crippen LogP contribution in [0.2, 0.25) is 0 Å². The summed E-state index contributed by atoms with van der Waals surface area (Å²) in [5, 5.41) is 4.05. The first kappa shape index (κ1) is 12.4. The largest absolute Gasteiger partial charge is 0.265 e. The van der Waals surface area contributed by atoms with Crippen LogP contribution >= 0.6 is 24.4 Å². The fourth-order valence-electron chi connectivity index (χ4n) is 2.42. The molecule has 0 unspecified atom stereocenters. The minimum atomic E-state index is 0.565. The van der Waals surface area contributed by atoms with E-state index in [2.05, 4.69) is 5.10 Å². The van der Waals surface area contributed by atoms with Crippen LogP contribution in [0, 0.1) is 9.41 Å². The van der Waals surface area contributed by atoms with Gasteiger partial charge < -0.3 is 0 Å². The van der Waals surface area contributed by atoms with E-state index in [9.17, 15) is 0 Å². The number of aromatic amines is 1. The Kier molecular flexibility index (Phi) is 2.73. The number of fused-ring (bicyclic) bond motifs is 2. The number of nitrogens with one attached hydrogen (secondary N) is 1. The van der Waals surface area contributed by atoms with E-state index >= 15 is 0 Å². The Morgan fingerprint density at radius 3 is 2.43 bits per heavy atom. The van der Waals surface area contributed by atoms with Crippen LogP contribution in [0.1, 0.15) is 0 Å². The number of aromatic nitrogens is 4. The highest BCUT2D eigenvalue weighted by Gasteiger charge is 2.10. The molecule has 4 rings (SSSR count). The second-order valence-electron chi connectivity index (χ2n) is 4.66. The second-order valence-corrected chi connectivity index (χ2v) is 5.43. The van der Waals surface area contributed by atoms with Crippen LogP contribution in [0.5, 0.6) is 0 Å². The van der Waals surface area contributed by atoms with Crippen molar-refractivity contribution in [2.24, 2.45) is 0 Å². The number of para-hydroxylation sites is 2. The minimum absolute atomic E-state index is 0.565. The summed E-state index contributed by atoms with van der Waals surface area (Å²) in [6.45, 7) is 0. The molecule has 21 heavy (non-hydrogen) atoms. The van der Waals surface area contributed by atoms with Gasteiger partial charge in [-0.25, -0.2) is 9.50 Å². The first-order valence-corrected chi connectivity index (χ1v) is 7.25. The highest BCUT2D eigenvalue weighted by atomic mass is 32.1. The van der Waals surface area contributed by atoms with E-state index in [1.807, 2.05) is 59.2 Å². The maximum Gasteiger partial charge on any atom is 0.237 e. The summed E-state index contributed by atoms with van der Waals surface area (Å²) in [7, 11) is 0. The van der Waals surface area contributed by atoms with Crippen molar-refractivity contribution in [2.45, 2.75) is 0 Å². The number of hydrogen-bond acceptors (Lipinski definition) is 3. The Morgan fingerprint density at radius 1 is 0.905 bits per heavy atom. The number of H-pyrrole nitrogens is 1. The molecular weight excluding hydrogens is 300 g/mol. The van der Waals surface area contributed by atoms with E-state index in [0.29, 0.717) is 15.2 Å². The lowest BCUT2D eigenvalue weighted by Crippen LogP contribution is -1.99. The summed E-state index contributed by atoms with van der Waals surface area (Å²) in [4.78, 5) is 4.70. The molecular formula is C15H10N4S2. The maximum atomic E-state index is 5.55. The van der Waals surface area contributed by atoms with Crippen LogP contribution in [0.4, 0.5) is 0 Å². The number of rotatable bonds is 1. The zero-order chi connectivity index (χ0) is 14.4. The van der Waals surface area contributed by atoms with Gasteiger partial charge in [0.2, 0.25) is 5.78 Å². The third-order valence-electron chi connectivity index (χ3n) is 3.38. The van der Waals surface area contributed by atoms with Crippen molar-refractivity contribution in [2.75, 3.05) is 0 Å². The molecule has 2 aromatic heterocycles. The van der Waals surface area contributed by atoms with Gasteiger partial charge in [-0.05, 0) is 36.5 Å². The smallest absolute Gasteiger partial charge is 0.237 e. The lowest BCUT2D eigenvalue weighted by atomic mass is 10.2. The number of nitrogens with zero attached hydrogens (tertiary/aromatic N) is 3. The van der Waals surface area contributed by atoms with Gasteiger partial charge in [0.25, 0.3) is 0 Å². The number of hydrogen-bond donors (Lipinski definition) is 1. The predicted octanol–water partition coefficient (Wildman–Crippen LogP) is 4.07. The second kappa shape index (κ2) is 4.61. The predicted molar refractivity (Wildman–Crippen MR) is 88.0 cm³/mol.